The summed E-state index contributed by atoms with van der Waals surface area (Å²) in [5.41, 5.74) is 1.56. The van der Waals surface area contributed by atoms with E-state index in [2.05, 4.69) is 32.1 Å². The monoisotopic (exact) mass is 366 g/mol. The largest absolute Gasteiger partial charge is 0.369 e. The average molecular weight is 366 g/mol. The molecule has 27 heavy (non-hydrogen) atoms. The zero-order valence-electron chi connectivity index (χ0n) is 14.7. The van der Waals surface area contributed by atoms with Gasteiger partial charge in [-0.2, -0.15) is 4.98 Å². The van der Waals surface area contributed by atoms with Crippen molar-refractivity contribution in [3.05, 3.63) is 77.7 Å². The first-order valence-corrected chi connectivity index (χ1v) is 8.84. The van der Waals surface area contributed by atoms with Crippen molar-refractivity contribution in [2.24, 2.45) is 0 Å². The Labute approximate surface area is 156 Å². The van der Waals surface area contributed by atoms with Gasteiger partial charge >= 0.3 is 0 Å². The SMILES string of the molecule is O=C(c1ccc(F)cc1)c1noc(CN2CCN(c3ccccc3)CC2)n1. The summed E-state index contributed by atoms with van der Waals surface area (Å²) in [5.74, 6) is -0.359. The predicted molar refractivity (Wildman–Crippen MR) is 98.1 cm³/mol. The van der Waals surface area contributed by atoms with E-state index in [1.807, 2.05) is 18.2 Å². The van der Waals surface area contributed by atoms with E-state index in [1.54, 1.807) is 0 Å². The molecule has 0 spiro atoms. The van der Waals surface area contributed by atoms with Crippen LogP contribution in [0.3, 0.4) is 0 Å². The maximum Gasteiger partial charge on any atom is 0.243 e. The number of hydrogen-bond acceptors (Lipinski definition) is 6. The highest BCUT2D eigenvalue weighted by molar-refractivity contribution is 6.06. The van der Waals surface area contributed by atoms with Gasteiger partial charge in [0.2, 0.25) is 17.5 Å². The first kappa shape index (κ1) is 17.4. The summed E-state index contributed by atoms with van der Waals surface area (Å²) in [6.45, 7) is 4.09. The van der Waals surface area contributed by atoms with E-state index in [0.717, 1.165) is 26.2 Å². The van der Waals surface area contributed by atoms with E-state index in [0.29, 0.717) is 18.0 Å². The maximum atomic E-state index is 13.0. The molecule has 138 valence electrons. The molecule has 0 aliphatic carbocycles. The van der Waals surface area contributed by atoms with Crippen LogP contribution in [0.25, 0.3) is 0 Å². The second-order valence-corrected chi connectivity index (χ2v) is 6.45. The van der Waals surface area contributed by atoms with E-state index >= 15 is 0 Å². The lowest BCUT2D eigenvalue weighted by molar-refractivity contribution is 0.102. The van der Waals surface area contributed by atoms with Crippen LogP contribution < -0.4 is 4.90 Å². The topological polar surface area (TPSA) is 62.5 Å². The molecule has 1 saturated heterocycles. The van der Waals surface area contributed by atoms with Crippen molar-refractivity contribution in [3.8, 4) is 0 Å². The lowest BCUT2D eigenvalue weighted by Gasteiger charge is -2.35. The Hall–Kier alpha value is -3.06. The fourth-order valence-corrected chi connectivity index (χ4v) is 3.14. The maximum absolute atomic E-state index is 13.0. The number of benzene rings is 2. The minimum Gasteiger partial charge on any atom is -0.369 e. The molecule has 0 bridgehead atoms. The number of para-hydroxylation sites is 1. The number of halogens is 1. The molecule has 6 nitrogen and oxygen atoms in total. The van der Waals surface area contributed by atoms with Gasteiger partial charge in [-0.15, -0.1) is 0 Å². The molecule has 0 N–H and O–H groups in total. The summed E-state index contributed by atoms with van der Waals surface area (Å²) in [7, 11) is 0. The average Bonchev–Trinajstić information content (AvgIpc) is 3.18. The smallest absolute Gasteiger partial charge is 0.243 e. The lowest BCUT2D eigenvalue weighted by atomic mass is 10.1. The van der Waals surface area contributed by atoms with Crippen molar-refractivity contribution in [2.45, 2.75) is 6.54 Å². The van der Waals surface area contributed by atoms with Gasteiger partial charge in [0.05, 0.1) is 6.54 Å². The van der Waals surface area contributed by atoms with Gasteiger partial charge in [-0.25, -0.2) is 4.39 Å². The molecule has 1 fully saturated rings. The molecule has 0 radical (unpaired) electrons. The van der Waals surface area contributed by atoms with Gasteiger partial charge in [0, 0.05) is 37.4 Å². The molecule has 0 saturated carbocycles. The van der Waals surface area contributed by atoms with Gasteiger partial charge in [-0.1, -0.05) is 23.4 Å². The highest BCUT2D eigenvalue weighted by atomic mass is 19.1. The molecule has 1 aromatic heterocycles. The fraction of sp³-hybridized carbons (Fsp3) is 0.250. The van der Waals surface area contributed by atoms with E-state index in [4.69, 9.17) is 4.52 Å². The second-order valence-electron chi connectivity index (χ2n) is 6.45. The van der Waals surface area contributed by atoms with Gasteiger partial charge in [-0.05, 0) is 36.4 Å². The van der Waals surface area contributed by atoms with Crippen LogP contribution in [-0.4, -0.2) is 47.0 Å². The van der Waals surface area contributed by atoms with Gasteiger partial charge in [0.15, 0.2) is 0 Å². The number of rotatable bonds is 5. The minimum atomic E-state index is -0.394. The highest BCUT2D eigenvalue weighted by Gasteiger charge is 2.21. The minimum absolute atomic E-state index is 0.000435. The molecule has 0 unspecified atom stereocenters. The quantitative estimate of drug-likeness (QED) is 0.647. The van der Waals surface area contributed by atoms with Crippen LogP contribution in [-0.2, 0) is 6.54 Å². The lowest BCUT2D eigenvalue weighted by Crippen LogP contribution is -2.46. The molecule has 0 atom stereocenters. The zero-order valence-corrected chi connectivity index (χ0v) is 14.7. The van der Waals surface area contributed by atoms with Crippen LogP contribution in [0, 0.1) is 5.82 Å². The molecular weight excluding hydrogens is 347 g/mol. The van der Waals surface area contributed by atoms with Crippen LogP contribution in [0.5, 0.6) is 0 Å². The summed E-state index contributed by atoms with van der Waals surface area (Å²) in [6.07, 6.45) is 0. The molecule has 0 amide bonds. The number of ketones is 1. The molecule has 3 aromatic rings. The summed E-state index contributed by atoms with van der Waals surface area (Å²) in [5, 5.41) is 3.78. The van der Waals surface area contributed by atoms with Crippen molar-refractivity contribution < 1.29 is 13.7 Å². The van der Waals surface area contributed by atoms with E-state index in [1.165, 1.54) is 30.0 Å². The van der Waals surface area contributed by atoms with Gasteiger partial charge < -0.3 is 9.42 Å². The third-order valence-corrected chi connectivity index (χ3v) is 4.63. The van der Waals surface area contributed by atoms with Crippen LogP contribution in [0.4, 0.5) is 10.1 Å². The molecule has 2 aromatic carbocycles. The van der Waals surface area contributed by atoms with Crippen molar-refractivity contribution in [2.75, 3.05) is 31.1 Å². The van der Waals surface area contributed by atoms with Gasteiger partial charge in [-0.3, -0.25) is 9.69 Å². The Morgan fingerprint density at radius 3 is 2.41 bits per heavy atom. The number of carbonyl (C=O) groups is 1. The van der Waals surface area contributed by atoms with Gasteiger partial charge in [0.25, 0.3) is 0 Å². The number of anilines is 1. The first-order chi connectivity index (χ1) is 13.2. The first-order valence-electron chi connectivity index (χ1n) is 8.84. The third-order valence-electron chi connectivity index (χ3n) is 4.63. The fourth-order valence-electron chi connectivity index (χ4n) is 3.14. The highest BCUT2D eigenvalue weighted by Crippen LogP contribution is 2.17. The Kier molecular flexibility index (Phi) is 4.93. The number of piperazine rings is 1. The van der Waals surface area contributed by atoms with E-state index in [-0.39, 0.29) is 11.6 Å². The third kappa shape index (κ3) is 4.03. The predicted octanol–water partition coefficient (Wildman–Crippen LogP) is 2.76. The standard InChI is InChI=1S/C20H19FN4O2/c21-16-8-6-15(7-9-16)19(26)20-22-18(27-23-20)14-24-10-12-25(13-11-24)17-4-2-1-3-5-17/h1-9H,10-14H2. The summed E-state index contributed by atoms with van der Waals surface area (Å²) >= 11 is 0. The van der Waals surface area contributed by atoms with Crippen LogP contribution in [0.15, 0.2) is 59.1 Å². The normalized spacial score (nSPS) is 15.1. The number of aromatic nitrogens is 2. The van der Waals surface area contributed by atoms with Crippen molar-refractivity contribution in [3.63, 3.8) is 0 Å². The molecule has 1 aliphatic rings. The second kappa shape index (κ2) is 7.67. The van der Waals surface area contributed by atoms with Crippen molar-refractivity contribution in [1.29, 1.82) is 0 Å². The number of carbonyl (C=O) groups excluding carboxylic acids is 1. The Balaban J connectivity index is 1.35. The zero-order chi connectivity index (χ0) is 18.6. The Morgan fingerprint density at radius 1 is 1.00 bits per heavy atom. The molecule has 2 heterocycles. The van der Waals surface area contributed by atoms with E-state index < -0.39 is 5.82 Å². The number of hydrogen-bond donors (Lipinski definition) is 0. The van der Waals surface area contributed by atoms with E-state index in [9.17, 15) is 9.18 Å². The van der Waals surface area contributed by atoms with Crippen LogP contribution in [0.1, 0.15) is 22.1 Å². The van der Waals surface area contributed by atoms with Gasteiger partial charge in [0.1, 0.15) is 5.82 Å². The Bertz CT molecular complexity index is 903. The summed E-state index contributed by atoms with van der Waals surface area (Å²) in [4.78, 5) is 21.1. The molecule has 4 rings (SSSR count). The van der Waals surface area contributed by atoms with Crippen LogP contribution in [0.2, 0.25) is 0 Å². The summed E-state index contributed by atoms with van der Waals surface area (Å²) in [6, 6.07) is 15.6. The van der Waals surface area contributed by atoms with Crippen molar-refractivity contribution in [1.82, 2.24) is 15.0 Å². The summed E-state index contributed by atoms with van der Waals surface area (Å²) < 4.78 is 18.2. The van der Waals surface area contributed by atoms with Crippen molar-refractivity contribution >= 4 is 11.5 Å². The molecule has 7 heteroatoms. The molecular formula is C20H19FN4O2. The molecule has 1 aliphatic heterocycles. The number of nitrogens with zero attached hydrogens (tertiary/aromatic N) is 4. The Morgan fingerprint density at radius 2 is 1.70 bits per heavy atom. The van der Waals surface area contributed by atoms with Crippen LogP contribution >= 0.6 is 0 Å².